The molecule has 18 heavy (non-hydrogen) atoms. The maximum Gasteiger partial charge on any atom is 0.247 e. The Morgan fingerprint density at radius 2 is 2.11 bits per heavy atom. The SMILES string of the molecule is Cc1nn(C)c2c1NC(=O)C(CCS(C)(=O)=O)N2. The summed E-state index contributed by atoms with van der Waals surface area (Å²) >= 11 is 0. The molecule has 1 aliphatic heterocycles. The molecule has 0 saturated heterocycles. The number of carbonyl (C=O) groups excluding carboxylic acids is 1. The lowest BCUT2D eigenvalue weighted by atomic mass is 10.1. The van der Waals surface area contributed by atoms with Gasteiger partial charge in [0.1, 0.15) is 27.4 Å². The smallest absolute Gasteiger partial charge is 0.247 e. The van der Waals surface area contributed by atoms with Crippen LogP contribution in [0, 0.1) is 6.92 Å². The van der Waals surface area contributed by atoms with Crippen LogP contribution < -0.4 is 10.6 Å². The zero-order valence-corrected chi connectivity index (χ0v) is 11.3. The van der Waals surface area contributed by atoms with Crippen molar-refractivity contribution >= 4 is 27.2 Å². The molecule has 1 atom stereocenters. The van der Waals surface area contributed by atoms with E-state index in [1.807, 2.05) is 0 Å². The lowest BCUT2D eigenvalue weighted by molar-refractivity contribution is -0.117. The molecule has 0 spiro atoms. The van der Waals surface area contributed by atoms with E-state index in [0.29, 0.717) is 11.5 Å². The van der Waals surface area contributed by atoms with Gasteiger partial charge in [-0.1, -0.05) is 0 Å². The molecule has 1 aromatic heterocycles. The number of sulfone groups is 1. The van der Waals surface area contributed by atoms with E-state index in [2.05, 4.69) is 15.7 Å². The molecule has 7 nitrogen and oxygen atoms in total. The molecule has 1 aromatic rings. The fourth-order valence-electron chi connectivity index (χ4n) is 1.95. The summed E-state index contributed by atoms with van der Waals surface area (Å²) in [5.41, 5.74) is 1.40. The van der Waals surface area contributed by atoms with Crippen molar-refractivity contribution in [2.75, 3.05) is 22.6 Å². The van der Waals surface area contributed by atoms with E-state index >= 15 is 0 Å². The number of hydrogen-bond acceptors (Lipinski definition) is 5. The number of aromatic nitrogens is 2. The van der Waals surface area contributed by atoms with Crippen LogP contribution in [0.5, 0.6) is 0 Å². The average molecular weight is 272 g/mol. The van der Waals surface area contributed by atoms with E-state index in [1.165, 1.54) is 0 Å². The average Bonchev–Trinajstić information content (AvgIpc) is 2.50. The Labute approximate surface area is 105 Å². The summed E-state index contributed by atoms with van der Waals surface area (Å²) in [6, 6.07) is -0.540. The van der Waals surface area contributed by atoms with Crippen LogP contribution in [0.15, 0.2) is 0 Å². The highest BCUT2D eigenvalue weighted by Gasteiger charge is 2.29. The summed E-state index contributed by atoms with van der Waals surface area (Å²) < 4.78 is 23.9. The first kappa shape index (κ1) is 12.9. The van der Waals surface area contributed by atoms with Gasteiger partial charge in [-0.3, -0.25) is 9.48 Å². The number of fused-ring (bicyclic) bond motifs is 1. The molecular weight excluding hydrogens is 256 g/mol. The molecule has 100 valence electrons. The largest absolute Gasteiger partial charge is 0.357 e. The van der Waals surface area contributed by atoms with Gasteiger partial charge >= 0.3 is 0 Å². The Kier molecular flexibility index (Phi) is 3.05. The molecule has 0 radical (unpaired) electrons. The van der Waals surface area contributed by atoms with Gasteiger partial charge in [0.25, 0.3) is 0 Å². The molecule has 0 aromatic carbocycles. The van der Waals surface area contributed by atoms with Crippen LogP contribution in [0.25, 0.3) is 0 Å². The third-order valence-electron chi connectivity index (χ3n) is 2.88. The standard InChI is InChI=1S/C10H16N4O3S/c1-6-8-9(14(2)13-6)11-7(10(15)12-8)4-5-18(3,16)17/h7,11H,4-5H2,1-3H3,(H,12,15). The van der Waals surface area contributed by atoms with Gasteiger partial charge in [-0.05, 0) is 13.3 Å². The fraction of sp³-hybridized carbons (Fsp3) is 0.600. The van der Waals surface area contributed by atoms with Crippen molar-refractivity contribution in [1.82, 2.24) is 9.78 Å². The van der Waals surface area contributed by atoms with Gasteiger partial charge in [0.15, 0.2) is 0 Å². The summed E-state index contributed by atoms with van der Waals surface area (Å²) in [5, 5.41) is 9.98. The molecule has 8 heteroatoms. The molecule has 2 rings (SSSR count). The molecule has 0 saturated carbocycles. The quantitative estimate of drug-likeness (QED) is 0.801. The second-order valence-electron chi connectivity index (χ2n) is 4.54. The lowest BCUT2D eigenvalue weighted by Crippen LogP contribution is -2.40. The van der Waals surface area contributed by atoms with Crippen molar-refractivity contribution in [3.05, 3.63) is 5.69 Å². The highest BCUT2D eigenvalue weighted by molar-refractivity contribution is 7.90. The molecule has 0 fully saturated rings. The van der Waals surface area contributed by atoms with Crippen molar-refractivity contribution in [3.63, 3.8) is 0 Å². The van der Waals surface area contributed by atoms with Crippen LogP contribution in [0.1, 0.15) is 12.1 Å². The number of nitrogens with one attached hydrogen (secondary N) is 2. The molecule has 0 aliphatic carbocycles. The van der Waals surface area contributed by atoms with Crippen LogP contribution in [-0.4, -0.2) is 42.2 Å². The Hall–Kier alpha value is -1.57. The monoisotopic (exact) mass is 272 g/mol. The predicted molar refractivity (Wildman–Crippen MR) is 68.3 cm³/mol. The Bertz CT molecular complexity index is 591. The van der Waals surface area contributed by atoms with Crippen molar-refractivity contribution in [2.24, 2.45) is 7.05 Å². The molecule has 1 unspecified atom stereocenters. The van der Waals surface area contributed by atoms with Crippen LogP contribution in [-0.2, 0) is 21.7 Å². The molecule has 2 N–H and O–H groups in total. The predicted octanol–water partition coefficient (Wildman–Crippen LogP) is -0.104. The highest BCUT2D eigenvalue weighted by Crippen LogP contribution is 2.29. The van der Waals surface area contributed by atoms with Crippen molar-refractivity contribution in [2.45, 2.75) is 19.4 Å². The number of rotatable bonds is 3. The Morgan fingerprint density at radius 1 is 1.44 bits per heavy atom. The topological polar surface area (TPSA) is 93.1 Å². The first-order valence-corrected chi connectivity index (χ1v) is 7.62. The number of aryl methyl sites for hydroxylation is 2. The minimum atomic E-state index is -3.07. The number of nitrogens with zero attached hydrogens (tertiary/aromatic N) is 2. The minimum Gasteiger partial charge on any atom is -0.357 e. The van der Waals surface area contributed by atoms with E-state index in [1.54, 1.807) is 18.7 Å². The van der Waals surface area contributed by atoms with Gasteiger partial charge < -0.3 is 10.6 Å². The maximum atomic E-state index is 11.8. The summed E-state index contributed by atoms with van der Waals surface area (Å²) in [6.07, 6.45) is 1.40. The molecule has 2 heterocycles. The first-order valence-electron chi connectivity index (χ1n) is 5.56. The van der Waals surface area contributed by atoms with Crippen molar-refractivity contribution in [1.29, 1.82) is 0 Å². The van der Waals surface area contributed by atoms with Crippen molar-refractivity contribution < 1.29 is 13.2 Å². The summed E-state index contributed by atoms with van der Waals surface area (Å²) in [5.74, 6) is 0.470. The highest BCUT2D eigenvalue weighted by atomic mass is 32.2. The molecule has 0 bridgehead atoms. The van der Waals surface area contributed by atoms with E-state index in [-0.39, 0.29) is 18.1 Å². The number of anilines is 2. The summed E-state index contributed by atoms with van der Waals surface area (Å²) in [7, 11) is -1.30. The van der Waals surface area contributed by atoms with Crippen LogP contribution in [0.2, 0.25) is 0 Å². The van der Waals surface area contributed by atoms with Crippen LogP contribution >= 0.6 is 0 Å². The van der Waals surface area contributed by atoms with E-state index in [0.717, 1.165) is 11.9 Å². The van der Waals surface area contributed by atoms with Gasteiger partial charge in [-0.15, -0.1) is 0 Å². The molecule has 1 aliphatic rings. The fourth-order valence-corrected chi connectivity index (χ4v) is 2.61. The molecular formula is C10H16N4O3S. The van der Waals surface area contributed by atoms with E-state index in [4.69, 9.17) is 0 Å². The Morgan fingerprint density at radius 3 is 2.72 bits per heavy atom. The number of amides is 1. The zero-order valence-electron chi connectivity index (χ0n) is 10.5. The van der Waals surface area contributed by atoms with Crippen LogP contribution in [0.4, 0.5) is 11.5 Å². The van der Waals surface area contributed by atoms with E-state index in [9.17, 15) is 13.2 Å². The second-order valence-corrected chi connectivity index (χ2v) is 6.80. The maximum absolute atomic E-state index is 11.8. The lowest BCUT2D eigenvalue weighted by Gasteiger charge is -2.24. The van der Waals surface area contributed by atoms with Gasteiger partial charge in [0.2, 0.25) is 5.91 Å². The zero-order chi connectivity index (χ0) is 13.5. The van der Waals surface area contributed by atoms with Crippen LogP contribution in [0.3, 0.4) is 0 Å². The van der Waals surface area contributed by atoms with Gasteiger partial charge in [-0.2, -0.15) is 5.10 Å². The van der Waals surface area contributed by atoms with E-state index < -0.39 is 15.9 Å². The van der Waals surface area contributed by atoms with Crippen molar-refractivity contribution in [3.8, 4) is 0 Å². The third kappa shape index (κ3) is 2.47. The second kappa shape index (κ2) is 4.27. The normalized spacial score (nSPS) is 19.1. The summed E-state index contributed by atoms with van der Waals surface area (Å²) in [4.78, 5) is 11.8. The summed E-state index contributed by atoms with van der Waals surface area (Å²) in [6.45, 7) is 1.80. The third-order valence-corrected chi connectivity index (χ3v) is 3.85. The number of carbonyl (C=O) groups is 1. The Balaban J connectivity index is 2.18. The van der Waals surface area contributed by atoms with Gasteiger partial charge in [0, 0.05) is 13.3 Å². The van der Waals surface area contributed by atoms with Gasteiger partial charge in [0.05, 0.1) is 11.4 Å². The first-order chi connectivity index (χ1) is 8.28. The number of hydrogen-bond donors (Lipinski definition) is 2. The minimum absolute atomic E-state index is 0.0236. The molecule has 1 amide bonds. The van der Waals surface area contributed by atoms with Gasteiger partial charge in [-0.25, -0.2) is 8.42 Å².